The minimum absolute atomic E-state index is 0.243. The molecule has 8 N–H and O–H groups in total. The third kappa shape index (κ3) is 50.0. The number of aliphatic hydroxyl groups excluding tert-OH is 7. The van der Waals surface area contributed by atoms with E-state index < -0.39 is 74.2 Å². The molecule has 9 atom stereocenters. The van der Waals surface area contributed by atoms with E-state index in [4.69, 9.17) is 9.47 Å². The summed E-state index contributed by atoms with van der Waals surface area (Å²) in [6, 6.07) is -1.19. The lowest BCUT2D eigenvalue weighted by atomic mass is 9.98. The Morgan fingerprint density at radius 2 is 0.698 bits per heavy atom. The van der Waals surface area contributed by atoms with Crippen LogP contribution in [0.3, 0.4) is 0 Å². The van der Waals surface area contributed by atoms with Crippen LogP contribution in [0.15, 0.2) is 36.5 Å². The Bertz CT molecular complexity index is 1490. The molecule has 0 aromatic rings. The number of ether oxygens (including phenoxy) is 2. The van der Waals surface area contributed by atoms with Crippen molar-refractivity contribution in [3.8, 4) is 0 Å². The van der Waals surface area contributed by atoms with Crippen LogP contribution in [0.4, 0.5) is 0 Å². The quantitative estimate of drug-likeness (QED) is 0.0215. The van der Waals surface area contributed by atoms with Gasteiger partial charge in [-0.3, -0.25) is 4.79 Å². The fourth-order valence-corrected chi connectivity index (χ4v) is 12.2. The first-order valence-electron chi connectivity index (χ1n) is 37.4. The Balaban J connectivity index is 2.16. The largest absolute Gasteiger partial charge is 0.394 e. The number of nitrogens with one attached hydrogen (secondary N) is 1. The lowest BCUT2D eigenvalue weighted by molar-refractivity contribution is -0.303. The van der Waals surface area contributed by atoms with Gasteiger partial charge in [-0.25, -0.2) is 0 Å². The summed E-state index contributed by atoms with van der Waals surface area (Å²) in [6.45, 7) is 3.49. The summed E-state index contributed by atoms with van der Waals surface area (Å²) in [5.41, 5.74) is 0. The molecule has 0 aromatic heterocycles. The molecule has 1 amide bonds. The zero-order valence-corrected chi connectivity index (χ0v) is 56.3. The van der Waals surface area contributed by atoms with Gasteiger partial charge in [0.1, 0.15) is 36.6 Å². The van der Waals surface area contributed by atoms with Crippen molar-refractivity contribution in [1.29, 1.82) is 0 Å². The third-order valence-electron chi connectivity index (χ3n) is 18.2. The molecular formula is C75H143NO10. The summed E-state index contributed by atoms with van der Waals surface area (Å²) in [6.07, 6.45) is 71.1. The van der Waals surface area contributed by atoms with E-state index in [1.165, 1.54) is 276 Å². The first-order chi connectivity index (χ1) is 42.2. The van der Waals surface area contributed by atoms with Crippen LogP contribution in [0.1, 0.15) is 367 Å². The molecule has 11 heteroatoms. The number of unbranched alkanes of at least 4 members (excludes halogenated alkanes) is 48. The zero-order chi connectivity index (χ0) is 62.4. The van der Waals surface area contributed by atoms with Crippen molar-refractivity contribution >= 4 is 5.91 Å². The summed E-state index contributed by atoms with van der Waals surface area (Å²) in [4.78, 5) is 13.3. The van der Waals surface area contributed by atoms with Crippen molar-refractivity contribution in [2.75, 3.05) is 13.2 Å². The lowest BCUT2D eigenvalue weighted by Gasteiger charge is -2.40. The minimum Gasteiger partial charge on any atom is -0.394 e. The van der Waals surface area contributed by atoms with Crippen LogP contribution >= 0.6 is 0 Å². The van der Waals surface area contributed by atoms with Crippen molar-refractivity contribution in [1.82, 2.24) is 5.32 Å². The van der Waals surface area contributed by atoms with Crippen molar-refractivity contribution < 1.29 is 50.0 Å². The minimum atomic E-state index is -1.67. The van der Waals surface area contributed by atoms with Gasteiger partial charge in [0.05, 0.1) is 25.4 Å². The Kier molecular flexibility index (Phi) is 60.8. The van der Waals surface area contributed by atoms with Gasteiger partial charge in [0, 0.05) is 0 Å². The molecule has 0 spiro atoms. The summed E-state index contributed by atoms with van der Waals surface area (Å²) >= 11 is 0. The maximum absolute atomic E-state index is 13.3. The summed E-state index contributed by atoms with van der Waals surface area (Å²) < 4.78 is 11.2. The van der Waals surface area contributed by atoms with Crippen LogP contribution in [0, 0.1) is 0 Å². The van der Waals surface area contributed by atoms with Gasteiger partial charge in [-0.1, -0.05) is 339 Å². The van der Waals surface area contributed by atoms with Crippen LogP contribution in [-0.2, 0) is 14.3 Å². The third-order valence-corrected chi connectivity index (χ3v) is 18.2. The highest BCUT2D eigenvalue weighted by Crippen LogP contribution is 2.24. The van der Waals surface area contributed by atoms with E-state index in [0.29, 0.717) is 19.3 Å². The molecule has 0 bridgehead atoms. The van der Waals surface area contributed by atoms with Gasteiger partial charge < -0.3 is 50.5 Å². The van der Waals surface area contributed by atoms with E-state index in [9.17, 15) is 40.5 Å². The second-order valence-corrected chi connectivity index (χ2v) is 26.4. The van der Waals surface area contributed by atoms with Crippen LogP contribution in [-0.4, -0.2) is 110 Å². The summed E-state index contributed by atoms with van der Waals surface area (Å²) in [7, 11) is 0. The number of allylic oxidation sites excluding steroid dienone is 6. The molecule has 1 aliphatic heterocycles. The number of rotatable bonds is 66. The first kappa shape index (κ1) is 82.3. The molecule has 1 aliphatic rings. The molecule has 508 valence electrons. The number of hydrogen-bond donors (Lipinski definition) is 8. The van der Waals surface area contributed by atoms with Gasteiger partial charge >= 0.3 is 0 Å². The molecule has 0 radical (unpaired) electrons. The number of carbonyl (C=O) groups is 1. The SMILES string of the molecule is CCCCCCCCCCCC/C=C/CC/C=C/CC/C=C/CCCC(O)C(O)C(COC1OC(CO)C(O)C(O)C1O)NC(=O)C(O)CCCCCCCCCCCCCCCCCCCCCCCCCCCCCCCCCCCCCC. The van der Waals surface area contributed by atoms with Crippen LogP contribution in [0.25, 0.3) is 0 Å². The first-order valence-corrected chi connectivity index (χ1v) is 37.4. The fourth-order valence-electron chi connectivity index (χ4n) is 12.2. The molecule has 9 unspecified atom stereocenters. The standard InChI is InChI=1S/C75H143NO10/c1-3-5-7-9-11-13-15-17-19-21-23-25-27-28-29-30-31-32-33-34-35-36-37-38-39-41-43-45-47-49-51-53-55-57-59-61-63-68(79)74(84)76-66(65-85-75-73(83)72(82)71(81)69(64-77)86-75)70(80)67(78)62-60-58-56-54-52-50-48-46-44-42-40-26-24-22-20-18-16-14-12-10-8-6-4-2/h26,40,46,48,54,56,66-73,75,77-83H,3-25,27-39,41-45,47,49-53,55,57-65H2,1-2H3,(H,76,84)/b40-26+,48-46+,56-54+. The van der Waals surface area contributed by atoms with E-state index in [2.05, 4.69) is 55.6 Å². The van der Waals surface area contributed by atoms with Crippen LogP contribution in [0.2, 0.25) is 0 Å². The Morgan fingerprint density at radius 3 is 1.03 bits per heavy atom. The number of carbonyl (C=O) groups excluding carboxylic acids is 1. The molecule has 1 rings (SSSR count). The molecule has 86 heavy (non-hydrogen) atoms. The molecule has 0 aromatic carbocycles. The van der Waals surface area contributed by atoms with Gasteiger partial charge in [-0.2, -0.15) is 0 Å². The molecule has 1 saturated heterocycles. The van der Waals surface area contributed by atoms with Gasteiger partial charge in [0.25, 0.3) is 0 Å². The number of hydrogen-bond acceptors (Lipinski definition) is 10. The second-order valence-electron chi connectivity index (χ2n) is 26.4. The van der Waals surface area contributed by atoms with E-state index in [-0.39, 0.29) is 12.8 Å². The van der Waals surface area contributed by atoms with E-state index in [0.717, 1.165) is 44.9 Å². The average Bonchev–Trinajstić information content (AvgIpc) is 3.20. The smallest absolute Gasteiger partial charge is 0.249 e. The molecule has 1 heterocycles. The maximum atomic E-state index is 13.3. The van der Waals surface area contributed by atoms with E-state index >= 15 is 0 Å². The zero-order valence-electron chi connectivity index (χ0n) is 56.3. The second kappa shape index (κ2) is 63.5. The normalized spacial score (nSPS) is 18.9. The van der Waals surface area contributed by atoms with Crippen LogP contribution < -0.4 is 5.32 Å². The summed E-state index contributed by atoms with van der Waals surface area (Å²) in [5.74, 6) is -0.706. The Labute approximate surface area is 530 Å². The molecule has 11 nitrogen and oxygen atoms in total. The predicted octanol–water partition coefficient (Wildman–Crippen LogP) is 18.5. The summed E-state index contributed by atoms with van der Waals surface area (Å²) in [5, 5.41) is 76.5. The topological polar surface area (TPSA) is 189 Å². The van der Waals surface area contributed by atoms with Gasteiger partial charge in [0.2, 0.25) is 5.91 Å². The highest BCUT2D eigenvalue weighted by atomic mass is 16.7. The molecule has 1 fully saturated rings. The Morgan fingerprint density at radius 1 is 0.395 bits per heavy atom. The molecular weight excluding hydrogens is 1070 g/mol. The van der Waals surface area contributed by atoms with Gasteiger partial charge in [-0.05, 0) is 64.2 Å². The monoisotopic (exact) mass is 1220 g/mol. The predicted molar refractivity (Wildman–Crippen MR) is 362 cm³/mol. The molecule has 0 saturated carbocycles. The van der Waals surface area contributed by atoms with Crippen LogP contribution in [0.5, 0.6) is 0 Å². The average molecular weight is 1220 g/mol. The van der Waals surface area contributed by atoms with E-state index in [1.54, 1.807) is 0 Å². The Hall–Kier alpha value is -1.67. The number of amides is 1. The fraction of sp³-hybridized carbons (Fsp3) is 0.907. The highest BCUT2D eigenvalue weighted by molar-refractivity contribution is 5.80. The molecule has 0 aliphatic carbocycles. The van der Waals surface area contributed by atoms with Crippen molar-refractivity contribution in [2.24, 2.45) is 0 Å². The van der Waals surface area contributed by atoms with Gasteiger partial charge in [-0.15, -0.1) is 0 Å². The maximum Gasteiger partial charge on any atom is 0.249 e. The van der Waals surface area contributed by atoms with E-state index in [1.807, 2.05) is 0 Å². The highest BCUT2D eigenvalue weighted by Gasteiger charge is 2.44. The van der Waals surface area contributed by atoms with Crippen molar-refractivity contribution in [3.05, 3.63) is 36.5 Å². The number of aliphatic hydroxyl groups is 7. The van der Waals surface area contributed by atoms with Crippen molar-refractivity contribution in [2.45, 2.75) is 422 Å². The lowest BCUT2D eigenvalue weighted by Crippen LogP contribution is -2.60. The van der Waals surface area contributed by atoms with Gasteiger partial charge in [0.15, 0.2) is 6.29 Å². The van der Waals surface area contributed by atoms with Crippen molar-refractivity contribution in [3.63, 3.8) is 0 Å².